The highest BCUT2D eigenvalue weighted by atomic mass is 19.4. The number of aliphatic hydroxyl groups excluding tert-OH is 1. The van der Waals surface area contributed by atoms with Crippen LogP contribution in [0.1, 0.15) is 20.3 Å². The summed E-state index contributed by atoms with van der Waals surface area (Å²) in [4.78, 5) is 0. The van der Waals surface area contributed by atoms with Gasteiger partial charge in [-0.05, 0) is 22.4 Å². The smallest absolute Gasteiger partial charge is 0.379 e. The normalized spacial score (nSPS) is 20.7. The number of aliphatic hydroxyl groups is 1. The van der Waals surface area contributed by atoms with E-state index in [9.17, 15) is 18.3 Å². The van der Waals surface area contributed by atoms with Crippen molar-refractivity contribution in [1.82, 2.24) is 0 Å². The first-order chi connectivity index (χ1) is 10.5. The summed E-state index contributed by atoms with van der Waals surface area (Å²) in [6, 6.07) is 6.90. The largest absolute Gasteiger partial charge is 0.418 e. The van der Waals surface area contributed by atoms with E-state index in [2.05, 4.69) is 0 Å². The van der Waals surface area contributed by atoms with Gasteiger partial charge in [-0.3, -0.25) is 0 Å². The maximum atomic E-state index is 13.0. The predicted octanol–water partition coefficient (Wildman–Crippen LogP) is 3.08. The van der Waals surface area contributed by atoms with Gasteiger partial charge >= 0.3 is 6.18 Å². The molecule has 0 aliphatic heterocycles. The second-order valence-electron chi connectivity index (χ2n) is 5.00. The number of benzene rings is 1. The van der Waals surface area contributed by atoms with Crippen LogP contribution < -0.4 is 10.4 Å². The standard InChI is InChI=1S/C16H13F3O.C2H6/c17-16(18,19)15(20)14-12-7-3-1-5-10(12)9-11-6-2-4-8-13(11)14;1-2/h1-5,7-9,11,15,20H,6H2;1-2H3. The van der Waals surface area contributed by atoms with E-state index in [1.807, 2.05) is 26.0 Å². The van der Waals surface area contributed by atoms with Gasteiger partial charge in [-0.2, -0.15) is 13.2 Å². The van der Waals surface area contributed by atoms with Gasteiger partial charge < -0.3 is 5.11 Å². The number of allylic oxidation sites excluding steroid dienone is 3. The van der Waals surface area contributed by atoms with E-state index in [1.165, 1.54) is 0 Å². The van der Waals surface area contributed by atoms with E-state index >= 15 is 0 Å². The van der Waals surface area contributed by atoms with Gasteiger partial charge in [0.15, 0.2) is 6.10 Å². The highest BCUT2D eigenvalue weighted by molar-refractivity contribution is 5.75. The molecule has 2 atom stereocenters. The van der Waals surface area contributed by atoms with Crippen molar-refractivity contribution in [2.24, 2.45) is 5.92 Å². The Bertz CT molecular complexity index is 711. The summed E-state index contributed by atoms with van der Waals surface area (Å²) in [5, 5.41) is 11.0. The molecule has 0 aromatic heterocycles. The maximum absolute atomic E-state index is 13.0. The first-order valence-electron chi connectivity index (χ1n) is 7.41. The quantitative estimate of drug-likeness (QED) is 0.845. The van der Waals surface area contributed by atoms with Crippen molar-refractivity contribution in [3.8, 4) is 0 Å². The molecule has 1 N–H and O–H groups in total. The summed E-state index contributed by atoms with van der Waals surface area (Å²) < 4.78 is 38.9. The minimum absolute atomic E-state index is 0.00931. The summed E-state index contributed by atoms with van der Waals surface area (Å²) in [6.07, 6.45) is 0.868. The summed E-state index contributed by atoms with van der Waals surface area (Å²) in [7, 11) is 0. The predicted molar refractivity (Wildman–Crippen MR) is 82.3 cm³/mol. The van der Waals surface area contributed by atoms with Crippen LogP contribution >= 0.6 is 0 Å². The van der Waals surface area contributed by atoms with E-state index in [4.69, 9.17) is 0 Å². The molecular formula is C18H19F3O. The maximum Gasteiger partial charge on any atom is 0.418 e. The van der Waals surface area contributed by atoms with Crippen LogP contribution in [0.5, 0.6) is 0 Å². The Morgan fingerprint density at radius 2 is 1.86 bits per heavy atom. The molecule has 22 heavy (non-hydrogen) atoms. The van der Waals surface area contributed by atoms with Crippen molar-refractivity contribution >= 4 is 11.6 Å². The van der Waals surface area contributed by atoms with Gasteiger partial charge in [0.2, 0.25) is 0 Å². The van der Waals surface area contributed by atoms with Gasteiger partial charge in [-0.25, -0.2) is 0 Å². The van der Waals surface area contributed by atoms with E-state index in [-0.39, 0.29) is 11.5 Å². The number of halogens is 3. The van der Waals surface area contributed by atoms with Gasteiger partial charge in [-0.1, -0.05) is 62.4 Å². The second kappa shape index (κ2) is 6.53. The zero-order chi connectivity index (χ0) is 16.3. The molecule has 2 aliphatic rings. The summed E-state index contributed by atoms with van der Waals surface area (Å²) in [5.41, 5.74) is 0.556. The van der Waals surface area contributed by atoms with Gasteiger partial charge in [0, 0.05) is 11.5 Å². The highest BCUT2D eigenvalue weighted by Crippen LogP contribution is 2.36. The molecule has 0 amide bonds. The molecule has 2 unspecified atom stereocenters. The molecule has 3 rings (SSSR count). The van der Waals surface area contributed by atoms with Crippen molar-refractivity contribution in [1.29, 1.82) is 0 Å². The lowest BCUT2D eigenvalue weighted by Gasteiger charge is -2.28. The minimum atomic E-state index is -4.66. The Morgan fingerprint density at radius 3 is 2.55 bits per heavy atom. The van der Waals surface area contributed by atoms with Crippen molar-refractivity contribution in [2.75, 3.05) is 0 Å². The molecule has 4 heteroatoms. The van der Waals surface area contributed by atoms with Crippen molar-refractivity contribution in [3.63, 3.8) is 0 Å². The van der Waals surface area contributed by atoms with Crippen LogP contribution in [0, 0.1) is 5.92 Å². The van der Waals surface area contributed by atoms with Gasteiger partial charge in [-0.15, -0.1) is 0 Å². The fraction of sp³-hybridized carbons (Fsp3) is 0.333. The number of hydrogen-bond donors (Lipinski definition) is 1. The van der Waals surface area contributed by atoms with Crippen LogP contribution in [-0.4, -0.2) is 17.4 Å². The molecule has 1 aromatic carbocycles. The summed E-state index contributed by atoms with van der Waals surface area (Å²) >= 11 is 0. The number of alkyl halides is 3. The van der Waals surface area contributed by atoms with E-state index < -0.39 is 12.3 Å². The number of rotatable bonds is 1. The molecule has 0 saturated carbocycles. The van der Waals surface area contributed by atoms with E-state index in [1.54, 1.807) is 36.4 Å². The van der Waals surface area contributed by atoms with Crippen LogP contribution in [0.4, 0.5) is 13.2 Å². The molecule has 0 bridgehead atoms. The van der Waals surface area contributed by atoms with Crippen LogP contribution in [0.3, 0.4) is 0 Å². The minimum Gasteiger partial charge on any atom is -0.379 e. The second-order valence-corrected chi connectivity index (χ2v) is 5.00. The average molecular weight is 308 g/mol. The monoisotopic (exact) mass is 308 g/mol. The Kier molecular flexibility index (Phi) is 4.91. The molecule has 0 fully saturated rings. The number of fused-ring (bicyclic) bond motifs is 2. The first kappa shape index (κ1) is 16.6. The Hall–Kier alpha value is -1.81. The SMILES string of the molecule is CC.OC(C1=c2ccccc2=CC2CC=CC=C12)C(F)(F)F. The van der Waals surface area contributed by atoms with Crippen LogP contribution in [-0.2, 0) is 0 Å². The van der Waals surface area contributed by atoms with Gasteiger partial charge in [0.1, 0.15) is 0 Å². The molecule has 0 heterocycles. The topological polar surface area (TPSA) is 20.2 Å². The van der Waals surface area contributed by atoms with Crippen molar-refractivity contribution < 1.29 is 18.3 Å². The molecule has 0 spiro atoms. The van der Waals surface area contributed by atoms with Gasteiger partial charge in [0.25, 0.3) is 0 Å². The van der Waals surface area contributed by atoms with Crippen LogP contribution in [0.25, 0.3) is 11.6 Å². The molecule has 1 nitrogen and oxygen atoms in total. The first-order valence-corrected chi connectivity index (χ1v) is 7.41. The molecular weight excluding hydrogens is 289 g/mol. The Morgan fingerprint density at radius 1 is 1.18 bits per heavy atom. The fourth-order valence-corrected chi connectivity index (χ4v) is 2.82. The highest BCUT2D eigenvalue weighted by Gasteiger charge is 2.43. The fourth-order valence-electron chi connectivity index (χ4n) is 2.82. The zero-order valence-electron chi connectivity index (χ0n) is 12.6. The average Bonchev–Trinajstić information content (AvgIpc) is 2.53. The molecule has 118 valence electrons. The van der Waals surface area contributed by atoms with Crippen molar-refractivity contribution in [2.45, 2.75) is 32.5 Å². The van der Waals surface area contributed by atoms with E-state index in [0.29, 0.717) is 17.2 Å². The molecule has 1 aromatic rings. The number of hydrogen-bond acceptors (Lipinski definition) is 1. The van der Waals surface area contributed by atoms with Crippen LogP contribution in [0.2, 0.25) is 0 Å². The Balaban J connectivity index is 0.000000847. The third-order valence-electron chi connectivity index (χ3n) is 3.73. The lowest BCUT2D eigenvalue weighted by Crippen LogP contribution is -2.42. The Labute approximate surface area is 127 Å². The lowest BCUT2D eigenvalue weighted by molar-refractivity contribution is -0.184. The summed E-state index contributed by atoms with van der Waals surface area (Å²) in [5.74, 6) is -0.0955. The van der Waals surface area contributed by atoms with Gasteiger partial charge in [0.05, 0.1) is 0 Å². The van der Waals surface area contributed by atoms with Crippen molar-refractivity contribution in [3.05, 3.63) is 58.5 Å². The summed E-state index contributed by atoms with van der Waals surface area (Å²) in [6.45, 7) is 4.00. The molecule has 2 aliphatic carbocycles. The third kappa shape index (κ3) is 3.02. The molecule has 0 saturated heterocycles. The van der Waals surface area contributed by atoms with E-state index in [0.717, 1.165) is 5.22 Å². The zero-order valence-corrected chi connectivity index (χ0v) is 12.6. The lowest BCUT2D eigenvalue weighted by atomic mass is 9.79. The third-order valence-corrected chi connectivity index (χ3v) is 3.73. The molecule has 0 radical (unpaired) electrons. The van der Waals surface area contributed by atoms with Crippen LogP contribution in [0.15, 0.2) is 48.1 Å².